The lowest BCUT2D eigenvalue weighted by Gasteiger charge is -2.20. The van der Waals surface area contributed by atoms with Gasteiger partial charge in [-0.05, 0) is 25.0 Å². The third-order valence-corrected chi connectivity index (χ3v) is 3.01. The monoisotopic (exact) mass is 200 g/mol. The molecular weight excluding hydrogens is 188 g/mol. The summed E-state index contributed by atoms with van der Waals surface area (Å²) < 4.78 is 0. The normalized spacial score (nSPS) is 23.1. The lowest BCUT2D eigenvalue weighted by atomic mass is 9.80. The van der Waals surface area contributed by atoms with Crippen LogP contribution in [0.1, 0.15) is 25.3 Å². The predicted molar refractivity (Wildman–Crippen MR) is 57.3 cm³/mol. The van der Waals surface area contributed by atoms with E-state index in [9.17, 15) is 4.79 Å². The number of anilines is 1. The highest BCUT2D eigenvalue weighted by Gasteiger charge is 2.41. The first-order valence-electron chi connectivity index (χ1n) is 4.96. The molecule has 0 saturated heterocycles. The quantitative estimate of drug-likeness (QED) is 0.795. The van der Waals surface area contributed by atoms with Crippen molar-refractivity contribution < 1.29 is 4.79 Å². The Labute approximate surface area is 88.7 Å². The second-order valence-electron chi connectivity index (χ2n) is 3.99. The van der Waals surface area contributed by atoms with Gasteiger partial charge in [-0.2, -0.15) is 5.26 Å². The number of amides is 1. The Morgan fingerprint density at radius 3 is 2.93 bits per heavy atom. The Kier molecular flexibility index (Phi) is 2.20. The fourth-order valence-corrected chi connectivity index (χ4v) is 2.01. The van der Waals surface area contributed by atoms with Crippen molar-refractivity contribution >= 4 is 11.6 Å². The molecule has 0 saturated carbocycles. The van der Waals surface area contributed by atoms with Crippen molar-refractivity contribution in [2.24, 2.45) is 0 Å². The van der Waals surface area contributed by atoms with Gasteiger partial charge in [-0.3, -0.25) is 4.79 Å². The van der Waals surface area contributed by atoms with Crippen molar-refractivity contribution in [1.82, 2.24) is 0 Å². The smallest absolute Gasteiger partial charge is 0.234 e. The van der Waals surface area contributed by atoms with Crippen molar-refractivity contribution in [2.45, 2.75) is 25.2 Å². The molecule has 1 atom stereocenters. The van der Waals surface area contributed by atoms with Crippen LogP contribution in [0.3, 0.4) is 0 Å². The molecule has 1 N–H and O–H groups in total. The Hall–Kier alpha value is -1.82. The maximum absolute atomic E-state index is 11.8. The van der Waals surface area contributed by atoms with Gasteiger partial charge in [0, 0.05) is 12.1 Å². The van der Waals surface area contributed by atoms with Crippen LogP contribution in [0.5, 0.6) is 0 Å². The van der Waals surface area contributed by atoms with E-state index in [4.69, 9.17) is 5.26 Å². The molecule has 1 aliphatic heterocycles. The Morgan fingerprint density at radius 2 is 2.20 bits per heavy atom. The fraction of sp³-hybridized carbons (Fsp3) is 0.333. The van der Waals surface area contributed by atoms with E-state index >= 15 is 0 Å². The molecule has 0 fully saturated rings. The Bertz CT molecular complexity index is 447. The van der Waals surface area contributed by atoms with E-state index in [1.54, 1.807) is 0 Å². The molecule has 1 heterocycles. The third-order valence-electron chi connectivity index (χ3n) is 3.01. The van der Waals surface area contributed by atoms with Gasteiger partial charge in [0.2, 0.25) is 5.91 Å². The highest BCUT2D eigenvalue weighted by Crippen LogP contribution is 2.40. The zero-order chi connectivity index (χ0) is 10.9. The summed E-state index contributed by atoms with van der Waals surface area (Å²) in [5.74, 6) is -0.000972. The van der Waals surface area contributed by atoms with Crippen LogP contribution in [0.25, 0.3) is 0 Å². The van der Waals surface area contributed by atoms with Gasteiger partial charge in [-0.1, -0.05) is 18.2 Å². The number of para-hydroxylation sites is 1. The second-order valence-corrected chi connectivity index (χ2v) is 3.99. The fourth-order valence-electron chi connectivity index (χ4n) is 2.01. The molecule has 0 aromatic heterocycles. The summed E-state index contributed by atoms with van der Waals surface area (Å²) in [4.78, 5) is 11.8. The predicted octanol–water partition coefficient (Wildman–Crippen LogP) is 2.20. The van der Waals surface area contributed by atoms with E-state index in [-0.39, 0.29) is 5.91 Å². The standard InChI is InChI=1S/C12H12N2O/c1-12(7-4-8-13)9-5-2-3-6-10(9)14-11(12)15/h2-3,5-6H,4,7H2,1H3,(H,14,15). The summed E-state index contributed by atoms with van der Waals surface area (Å²) in [6.45, 7) is 1.89. The first-order valence-corrected chi connectivity index (χ1v) is 4.96. The molecule has 1 aromatic carbocycles. The Morgan fingerprint density at radius 1 is 1.47 bits per heavy atom. The molecule has 76 valence electrons. The lowest BCUT2D eigenvalue weighted by Crippen LogP contribution is -2.30. The van der Waals surface area contributed by atoms with Crippen molar-refractivity contribution in [3.8, 4) is 6.07 Å². The van der Waals surface area contributed by atoms with Gasteiger partial charge in [-0.25, -0.2) is 0 Å². The Balaban J connectivity index is 2.41. The van der Waals surface area contributed by atoms with Crippen LogP contribution in [0.4, 0.5) is 5.69 Å². The topological polar surface area (TPSA) is 52.9 Å². The van der Waals surface area contributed by atoms with Gasteiger partial charge in [0.15, 0.2) is 0 Å². The van der Waals surface area contributed by atoms with Crippen LogP contribution >= 0.6 is 0 Å². The van der Waals surface area contributed by atoms with Gasteiger partial charge < -0.3 is 5.32 Å². The molecule has 15 heavy (non-hydrogen) atoms. The second kappa shape index (κ2) is 3.39. The van der Waals surface area contributed by atoms with Gasteiger partial charge in [0.05, 0.1) is 11.5 Å². The molecular formula is C12H12N2O. The van der Waals surface area contributed by atoms with Crippen molar-refractivity contribution in [3.63, 3.8) is 0 Å². The van der Waals surface area contributed by atoms with Crippen LogP contribution in [-0.4, -0.2) is 5.91 Å². The number of nitriles is 1. The van der Waals surface area contributed by atoms with Crippen LogP contribution < -0.4 is 5.32 Å². The summed E-state index contributed by atoms with van der Waals surface area (Å²) in [6, 6.07) is 9.75. The number of hydrogen-bond acceptors (Lipinski definition) is 2. The van der Waals surface area contributed by atoms with Gasteiger partial charge >= 0.3 is 0 Å². The first kappa shape index (κ1) is 9.72. The lowest BCUT2D eigenvalue weighted by molar-refractivity contribution is -0.120. The molecule has 1 aromatic rings. The van der Waals surface area contributed by atoms with Gasteiger partial charge in [-0.15, -0.1) is 0 Å². The minimum atomic E-state index is -0.535. The maximum Gasteiger partial charge on any atom is 0.234 e. The molecule has 0 radical (unpaired) electrons. The van der Waals surface area contributed by atoms with E-state index in [2.05, 4.69) is 11.4 Å². The number of fused-ring (bicyclic) bond motifs is 1. The van der Waals surface area contributed by atoms with Crippen LogP contribution in [0, 0.1) is 11.3 Å². The molecule has 1 aliphatic rings. The van der Waals surface area contributed by atoms with Crippen molar-refractivity contribution in [2.75, 3.05) is 5.32 Å². The first-order chi connectivity index (χ1) is 7.18. The van der Waals surface area contributed by atoms with E-state index < -0.39 is 5.41 Å². The summed E-state index contributed by atoms with van der Waals surface area (Å²) in [7, 11) is 0. The summed E-state index contributed by atoms with van der Waals surface area (Å²) in [6.07, 6.45) is 0.977. The van der Waals surface area contributed by atoms with Gasteiger partial charge in [0.1, 0.15) is 0 Å². The molecule has 1 unspecified atom stereocenters. The van der Waals surface area contributed by atoms with Crippen LogP contribution in [0.2, 0.25) is 0 Å². The van der Waals surface area contributed by atoms with Crippen molar-refractivity contribution in [1.29, 1.82) is 5.26 Å². The highest BCUT2D eigenvalue weighted by atomic mass is 16.2. The maximum atomic E-state index is 11.8. The highest BCUT2D eigenvalue weighted by molar-refractivity contribution is 6.05. The number of benzene rings is 1. The molecule has 2 rings (SSSR count). The minimum Gasteiger partial charge on any atom is -0.325 e. The zero-order valence-corrected chi connectivity index (χ0v) is 8.58. The molecule has 3 nitrogen and oxygen atoms in total. The largest absolute Gasteiger partial charge is 0.325 e. The van der Waals surface area contributed by atoms with Gasteiger partial charge in [0.25, 0.3) is 0 Å². The number of nitrogens with zero attached hydrogens (tertiary/aromatic N) is 1. The number of nitrogens with one attached hydrogen (secondary N) is 1. The average molecular weight is 200 g/mol. The molecule has 0 aliphatic carbocycles. The molecule has 1 amide bonds. The number of carbonyl (C=O) groups is 1. The van der Waals surface area contributed by atoms with E-state index in [0.29, 0.717) is 12.8 Å². The third kappa shape index (κ3) is 1.39. The summed E-state index contributed by atoms with van der Waals surface area (Å²) in [5.41, 5.74) is 1.35. The SMILES string of the molecule is CC1(CCC#N)C(=O)Nc2ccccc21. The molecule has 0 spiro atoms. The van der Waals surface area contributed by atoms with Crippen LogP contribution in [-0.2, 0) is 10.2 Å². The average Bonchev–Trinajstić information content (AvgIpc) is 2.50. The summed E-state index contributed by atoms with van der Waals surface area (Å²) in [5, 5.41) is 11.4. The molecule has 0 bridgehead atoms. The van der Waals surface area contributed by atoms with E-state index in [1.807, 2.05) is 31.2 Å². The molecule has 3 heteroatoms. The van der Waals surface area contributed by atoms with E-state index in [1.165, 1.54) is 0 Å². The zero-order valence-electron chi connectivity index (χ0n) is 8.58. The minimum absolute atomic E-state index is 0.000972. The van der Waals surface area contributed by atoms with Crippen molar-refractivity contribution in [3.05, 3.63) is 29.8 Å². The number of rotatable bonds is 2. The van der Waals surface area contributed by atoms with Crippen LogP contribution in [0.15, 0.2) is 24.3 Å². The summed E-state index contributed by atoms with van der Waals surface area (Å²) >= 11 is 0. The number of carbonyl (C=O) groups excluding carboxylic acids is 1. The number of hydrogen-bond donors (Lipinski definition) is 1. The van der Waals surface area contributed by atoms with E-state index in [0.717, 1.165) is 11.3 Å².